The van der Waals surface area contributed by atoms with Crippen LogP contribution in [0.3, 0.4) is 0 Å². The van der Waals surface area contributed by atoms with E-state index in [-0.39, 0.29) is 37.5 Å². The number of methoxy groups -OCH3 is 3. The zero-order valence-corrected chi connectivity index (χ0v) is 30.0. The van der Waals surface area contributed by atoms with Crippen LogP contribution in [0, 0.1) is 19.1 Å². The summed E-state index contributed by atoms with van der Waals surface area (Å²) in [6.45, 7) is 0.152. The molecular formula is C38H33Cl2F2N4O6-. The van der Waals surface area contributed by atoms with Crippen LogP contribution in [0.4, 0.5) is 8.78 Å². The van der Waals surface area contributed by atoms with Crippen molar-refractivity contribution < 1.29 is 37.7 Å². The van der Waals surface area contributed by atoms with E-state index in [2.05, 4.69) is 9.97 Å². The molecule has 0 bridgehead atoms. The summed E-state index contributed by atoms with van der Waals surface area (Å²) in [7, 11) is 4.22. The first kappa shape index (κ1) is 39.1. The number of rotatable bonds is 10. The standard InChI is InChI=1S/C19H16ClFN2O3.C18H14ClFN2O3.CH3/c1-25-16-7-6-13(10-23-11-22-9-15(23)19(24)26-2)18(21)17(16)12-4-3-5-14(20)8-12;1-25-15-6-5-12(9-22-10-21-8-14(22)18(23)24)17(20)16(15)11-3-2-4-13(19)7-11;/h3-9,11H,10H2,1-2H3;2-8,10H,9H2,1H3,(H,23,24);1H3/q;;-1. The highest BCUT2D eigenvalue weighted by Crippen LogP contribution is 2.37. The van der Waals surface area contributed by atoms with Crippen molar-refractivity contribution in [3.05, 3.63) is 149 Å². The molecule has 6 rings (SSSR count). The third kappa shape index (κ3) is 8.59. The number of hydrogen-bond donors (Lipinski definition) is 1. The summed E-state index contributed by atoms with van der Waals surface area (Å²) in [5, 5.41) is 10.1. The Kier molecular flexibility index (Phi) is 13.1. The van der Waals surface area contributed by atoms with Crippen molar-refractivity contribution >= 4 is 35.1 Å². The number of nitrogens with zero attached hydrogens (tertiary/aromatic N) is 4. The highest BCUT2D eigenvalue weighted by Gasteiger charge is 2.20. The Morgan fingerprint density at radius 3 is 1.56 bits per heavy atom. The Morgan fingerprint density at radius 2 is 1.15 bits per heavy atom. The Balaban J connectivity index is 0.000000228. The smallest absolute Gasteiger partial charge is 0.356 e. The van der Waals surface area contributed by atoms with Gasteiger partial charge in [-0.3, -0.25) is 0 Å². The zero-order chi connectivity index (χ0) is 36.7. The number of aromatic carboxylic acids is 1. The molecule has 14 heteroatoms. The van der Waals surface area contributed by atoms with Gasteiger partial charge in [0, 0.05) is 21.2 Å². The number of carboxylic acid groups (broad SMARTS) is 1. The van der Waals surface area contributed by atoms with E-state index in [9.17, 15) is 9.59 Å². The SMILES string of the molecule is COC(=O)c1cncn1Cc1ccc(OC)c(-c2cccc(Cl)c2)c1F.COc1ccc(Cn2cncc2C(=O)O)c(F)c1-c1cccc(Cl)c1.[CH3-]. The highest BCUT2D eigenvalue weighted by atomic mass is 35.5. The fraction of sp³-hybridized carbons (Fsp3) is 0.132. The van der Waals surface area contributed by atoms with Crippen LogP contribution in [0.2, 0.25) is 10.0 Å². The molecule has 0 aliphatic carbocycles. The minimum atomic E-state index is -1.12. The second-order valence-electron chi connectivity index (χ2n) is 10.9. The van der Waals surface area contributed by atoms with Gasteiger partial charge in [-0.15, -0.1) is 0 Å². The van der Waals surface area contributed by atoms with Crippen molar-refractivity contribution in [1.29, 1.82) is 0 Å². The Labute approximate surface area is 308 Å². The Hall–Kier alpha value is -5.72. The number of benzene rings is 4. The first-order valence-electron chi connectivity index (χ1n) is 15.1. The molecule has 0 saturated carbocycles. The number of esters is 1. The average Bonchev–Trinajstić information content (AvgIpc) is 3.79. The monoisotopic (exact) mass is 749 g/mol. The number of carboxylic acids is 1. The van der Waals surface area contributed by atoms with Crippen molar-refractivity contribution in [2.75, 3.05) is 21.3 Å². The molecule has 0 saturated heterocycles. The van der Waals surface area contributed by atoms with Crippen LogP contribution in [-0.2, 0) is 17.8 Å². The van der Waals surface area contributed by atoms with Crippen molar-refractivity contribution in [2.45, 2.75) is 13.1 Å². The molecule has 0 amide bonds. The number of halogens is 4. The quantitative estimate of drug-likeness (QED) is 0.109. The lowest BCUT2D eigenvalue weighted by molar-refractivity contribution is 0.0588. The van der Waals surface area contributed by atoms with E-state index < -0.39 is 23.6 Å². The molecule has 0 atom stereocenters. The van der Waals surface area contributed by atoms with Gasteiger partial charge in [-0.1, -0.05) is 59.6 Å². The number of carbonyl (C=O) groups excluding carboxylic acids is 1. The molecule has 270 valence electrons. The number of carbonyl (C=O) groups is 2. The van der Waals surface area contributed by atoms with E-state index in [1.807, 2.05) is 0 Å². The summed E-state index contributed by atoms with van der Waals surface area (Å²) in [5.41, 5.74) is 2.69. The van der Waals surface area contributed by atoms with Gasteiger partial charge in [0.05, 0.1) is 70.6 Å². The lowest BCUT2D eigenvalue weighted by atomic mass is 10.0. The molecule has 0 fully saturated rings. The molecule has 0 aliphatic heterocycles. The van der Waals surface area contributed by atoms with Gasteiger partial charge >= 0.3 is 11.9 Å². The maximum atomic E-state index is 15.3. The van der Waals surface area contributed by atoms with Crippen LogP contribution in [0.15, 0.2) is 97.8 Å². The lowest BCUT2D eigenvalue weighted by Crippen LogP contribution is -2.12. The highest BCUT2D eigenvalue weighted by molar-refractivity contribution is 6.31. The summed E-state index contributed by atoms with van der Waals surface area (Å²) < 4.78 is 48.6. The number of ether oxygens (including phenoxy) is 3. The molecule has 2 heterocycles. The minimum Gasteiger partial charge on any atom is -0.496 e. The molecule has 1 N–H and O–H groups in total. The Morgan fingerprint density at radius 1 is 0.712 bits per heavy atom. The van der Waals surface area contributed by atoms with Crippen LogP contribution in [-0.4, -0.2) is 57.5 Å². The predicted molar refractivity (Wildman–Crippen MR) is 194 cm³/mol. The molecule has 2 aromatic heterocycles. The average molecular weight is 751 g/mol. The molecule has 0 spiro atoms. The third-order valence-corrected chi connectivity index (χ3v) is 8.22. The lowest BCUT2D eigenvalue weighted by Gasteiger charge is -2.14. The van der Waals surface area contributed by atoms with Crippen LogP contribution in [0.1, 0.15) is 32.1 Å². The molecule has 4 aromatic carbocycles. The molecule has 0 aliphatic rings. The summed E-state index contributed by atoms with van der Waals surface area (Å²) in [6.07, 6.45) is 5.41. The first-order chi connectivity index (χ1) is 24.6. The second kappa shape index (κ2) is 17.5. The first-order valence-corrected chi connectivity index (χ1v) is 15.9. The molecular weight excluding hydrogens is 717 g/mol. The number of imidazole rings is 2. The summed E-state index contributed by atoms with van der Waals surface area (Å²) >= 11 is 12.1. The second-order valence-corrected chi connectivity index (χ2v) is 11.7. The summed E-state index contributed by atoms with van der Waals surface area (Å²) in [5.74, 6) is -1.84. The molecule has 52 heavy (non-hydrogen) atoms. The van der Waals surface area contributed by atoms with Gasteiger partial charge in [0.1, 0.15) is 34.5 Å². The minimum absolute atomic E-state index is 0. The molecule has 0 unspecified atom stereocenters. The van der Waals surface area contributed by atoms with Crippen LogP contribution in [0.25, 0.3) is 22.3 Å². The number of hydrogen-bond acceptors (Lipinski definition) is 7. The van der Waals surface area contributed by atoms with Crippen LogP contribution in [0.5, 0.6) is 11.5 Å². The molecule has 10 nitrogen and oxygen atoms in total. The van der Waals surface area contributed by atoms with Gasteiger partial charge in [-0.25, -0.2) is 28.3 Å². The van der Waals surface area contributed by atoms with E-state index in [4.69, 9.17) is 42.5 Å². The topological polar surface area (TPSA) is 118 Å². The van der Waals surface area contributed by atoms with Gasteiger partial charge in [-0.05, 0) is 47.5 Å². The third-order valence-electron chi connectivity index (χ3n) is 7.75. The van der Waals surface area contributed by atoms with Crippen LogP contribution < -0.4 is 9.47 Å². The summed E-state index contributed by atoms with van der Waals surface area (Å²) in [6, 6.07) is 20.2. The van der Waals surface area contributed by atoms with Gasteiger partial charge in [0.15, 0.2) is 0 Å². The largest absolute Gasteiger partial charge is 0.496 e. The molecule has 6 aromatic rings. The van der Waals surface area contributed by atoms with E-state index in [0.29, 0.717) is 49.4 Å². The zero-order valence-electron chi connectivity index (χ0n) is 28.4. The predicted octanol–water partition coefficient (Wildman–Crippen LogP) is 8.73. The maximum absolute atomic E-state index is 15.3. The number of aromatic nitrogens is 4. The van der Waals surface area contributed by atoms with E-state index in [0.717, 1.165) is 0 Å². The van der Waals surface area contributed by atoms with Crippen molar-refractivity contribution in [2.24, 2.45) is 0 Å². The van der Waals surface area contributed by atoms with E-state index in [1.165, 1.54) is 55.5 Å². The van der Waals surface area contributed by atoms with Gasteiger partial charge in [0.2, 0.25) is 0 Å². The van der Waals surface area contributed by atoms with Crippen LogP contribution >= 0.6 is 23.2 Å². The Bertz CT molecular complexity index is 2200. The molecule has 0 radical (unpaired) electrons. The van der Waals surface area contributed by atoms with Gasteiger partial charge in [0.25, 0.3) is 0 Å². The van der Waals surface area contributed by atoms with Crippen molar-refractivity contribution in [3.63, 3.8) is 0 Å². The van der Waals surface area contributed by atoms with E-state index >= 15 is 8.78 Å². The van der Waals surface area contributed by atoms with Crippen molar-refractivity contribution in [3.8, 4) is 33.8 Å². The fourth-order valence-corrected chi connectivity index (χ4v) is 5.71. The fourth-order valence-electron chi connectivity index (χ4n) is 5.33. The van der Waals surface area contributed by atoms with E-state index in [1.54, 1.807) is 72.8 Å². The van der Waals surface area contributed by atoms with Gasteiger partial charge < -0.3 is 35.9 Å². The summed E-state index contributed by atoms with van der Waals surface area (Å²) in [4.78, 5) is 30.7. The van der Waals surface area contributed by atoms with Crippen molar-refractivity contribution in [1.82, 2.24) is 19.1 Å². The normalized spacial score (nSPS) is 10.4. The maximum Gasteiger partial charge on any atom is 0.356 e. The van der Waals surface area contributed by atoms with Gasteiger partial charge in [-0.2, -0.15) is 0 Å².